The van der Waals surface area contributed by atoms with E-state index in [9.17, 15) is 4.79 Å². The molecule has 0 spiro atoms. The van der Waals surface area contributed by atoms with Crippen molar-refractivity contribution in [3.63, 3.8) is 0 Å². The number of thiol groups is 1. The van der Waals surface area contributed by atoms with Gasteiger partial charge in [0.2, 0.25) is 0 Å². The summed E-state index contributed by atoms with van der Waals surface area (Å²) in [6.07, 6.45) is 2.03. The van der Waals surface area contributed by atoms with Gasteiger partial charge in [-0.15, -0.1) is 12.6 Å². The van der Waals surface area contributed by atoms with Crippen LogP contribution in [0.4, 0.5) is 0 Å². The Kier molecular flexibility index (Phi) is 5.91. The number of hydrogen-bond acceptors (Lipinski definition) is 3. The summed E-state index contributed by atoms with van der Waals surface area (Å²) in [5.74, 6) is -0.287. The topological polar surface area (TPSA) is 26.3 Å². The molecule has 0 amide bonds. The van der Waals surface area contributed by atoms with Gasteiger partial charge in [0.15, 0.2) is 0 Å². The van der Waals surface area contributed by atoms with Gasteiger partial charge in [0.25, 0.3) is 0 Å². The fraction of sp³-hybridized carbons (Fsp3) is 0.417. The Morgan fingerprint density at radius 3 is 2.81 bits per heavy atom. The van der Waals surface area contributed by atoms with Crippen molar-refractivity contribution in [1.82, 2.24) is 0 Å². The van der Waals surface area contributed by atoms with Crippen molar-refractivity contribution in [1.29, 1.82) is 0 Å². The Labute approximate surface area is 110 Å². The van der Waals surface area contributed by atoms with Crippen LogP contribution in [-0.4, -0.2) is 17.9 Å². The lowest BCUT2D eigenvalue weighted by Gasteiger charge is -2.06. The summed E-state index contributed by atoms with van der Waals surface area (Å²) < 4.78 is 4.92. The zero-order valence-electron chi connectivity index (χ0n) is 9.20. The first-order chi connectivity index (χ1) is 7.69. The Morgan fingerprint density at radius 2 is 2.25 bits per heavy atom. The van der Waals surface area contributed by atoms with Gasteiger partial charge < -0.3 is 4.74 Å². The molecule has 1 aromatic rings. The lowest BCUT2D eigenvalue weighted by Crippen LogP contribution is -2.05. The molecule has 0 aliphatic heterocycles. The summed E-state index contributed by atoms with van der Waals surface area (Å²) >= 11 is 7.77. The lowest BCUT2D eigenvalue weighted by molar-refractivity contribution is 0.0526. The van der Waals surface area contributed by atoms with Crippen LogP contribution in [0.25, 0.3) is 0 Å². The number of ether oxygens (including phenoxy) is 1. The van der Waals surface area contributed by atoms with E-state index in [1.807, 2.05) is 6.07 Å². The molecule has 0 bridgehead atoms. The standard InChI is InChI=1S/C12H15BrO2S/c1-2-15-12(14)10-6-5-9(4-3-7-13)11(16)8-10/h5-6,8,16H,2-4,7H2,1H3. The number of benzene rings is 1. The maximum absolute atomic E-state index is 11.5. The zero-order chi connectivity index (χ0) is 12.0. The van der Waals surface area contributed by atoms with E-state index in [-0.39, 0.29) is 5.97 Å². The van der Waals surface area contributed by atoms with E-state index in [0.29, 0.717) is 12.2 Å². The molecule has 0 saturated carbocycles. The predicted molar refractivity (Wildman–Crippen MR) is 71.8 cm³/mol. The number of rotatable bonds is 5. The van der Waals surface area contributed by atoms with E-state index >= 15 is 0 Å². The van der Waals surface area contributed by atoms with Crippen LogP contribution in [0.15, 0.2) is 23.1 Å². The van der Waals surface area contributed by atoms with Crippen molar-refractivity contribution in [3.05, 3.63) is 29.3 Å². The van der Waals surface area contributed by atoms with Crippen LogP contribution < -0.4 is 0 Å². The maximum atomic E-state index is 11.5. The first-order valence-corrected chi connectivity index (χ1v) is 6.81. The molecule has 2 nitrogen and oxygen atoms in total. The minimum Gasteiger partial charge on any atom is -0.462 e. The molecule has 0 aliphatic carbocycles. The highest BCUT2D eigenvalue weighted by atomic mass is 79.9. The largest absolute Gasteiger partial charge is 0.462 e. The summed E-state index contributed by atoms with van der Waals surface area (Å²) in [7, 11) is 0. The molecule has 4 heteroatoms. The van der Waals surface area contributed by atoms with E-state index < -0.39 is 0 Å². The smallest absolute Gasteiger partial charge is 0.338 e. The second-order valence-corrected chi connectivity index (χ2v) is 4.63. The molecule has 0 aromatic heterocycles. The average Bonchev–Trinajstić information content (AvgIpc) is 2.27. The quantitative estimate of drug-likeness (QED) is 0.512. The average molecular weight is 303 g/mol. The highest BCUT2D eigenvalue weighted by Gasteiger charge is 2.08. The summed E-state index contributed by atoms with van der Waals surface area (Å²) in [5, 5.41) is 0.972. The number of carbonyl (C=O) groups is 1. The van der Waals surface area contributed by atoms with E-state index in [2.05, 4.69) is 28.6 Å². The molecule has 0 heterocycles. The SMILES string of the molecule is CCOC(=O)c1ccc(CCCBr)c(S)c1. The van der Waals surface area contributed by atoms with Gasteiger partial charge >= 0.3 is 5.97 Å². The van der Waals surface area contributed by atoms with Crippen molar-refractivity contribution in [2.45, 2.75) is 24.7 Å². The van der Waals surface area contributed by atoms with Gasteiger partial charge in [-0.3, -0.25) is 0 Å². The molecule has 0 fully saturated rings. The Bertz CT molecular complexity index is 366. The van der Waals surface area contributed by atoms with Crippen LogP contribution in [0.2, 0.25) is 0 Å². The normalized spacial score (nSPS) is 10.2. The third kappa shape index (κ3) is 3.83. The second-order valence-electron chi connectivity index (χ2n) is 3.36. The number of carbonyl (C=O) groups excluding carboxylic acids is 1. The number of alkyl halides is 1. The molecule has 0 unspecified atom stereocenters. The van der Waals surface area contributed by atoms with E-state index in [4.69, 9.17) is 4.74 Å². The fourth-order valence-electron chi connectivity index (χ4n) is 1.37. The third-order valence-electron chi connectivity index (χ3n) is 2.18. The zero-order valence-corrected chi connectivity index (χ0v) is 11.7. The van der Waals surface area contributed by atoms with Crippen molar-refractivity contribution in [3.8, 4) is 0 Å². The molecule has 0 radical (unpaired) electrons. The van der Waals surface area contributed by atoms with Crippen molar-refractivity contribution in [2.75, 3.05) is 11.9 Å². The van der Waals surface area contributed by atoms with Gasteiger partial charge in [-0.1, -0.05) is 22.0 Å². The molecule has 0 atom stereocenters. The predicted octanol–water partition coefficient (Wildman–Crippen LogP) is 3.48. The summed E-state index contributed by atoms with van der Waals surface area (Å²) in [6.45, 7) is 2.19. The first-order valence-electron chi connectivity index (χ1n) is 5.24. The molecule has 0 aliphatic rings. The van der Waals surface area contributed by atoms with Crippen LogP contribution >= 0.6 is 28.6 Å². The molecule has 1 aromatic carbocycles. The summed E-state index contributed by atoms with van der Waals surface area (Å²) in [4.78, 5) is 12.3. The van der Waals surface area contributed by atoms with Crippen molar-refractivity contribution >= 4 is 34.5 Å². The maximum Gasteiger partial charge on any atom is 0.338 e. The van der Waals surface area contributed by atoms with Crippen LogP contribution in [0.5, 0.6) is 0 Å². The Hall–Kier alpha value is -0.480. The molecule has 0 N–H and O–H groups in total. The highest BCUT2D eigenvalue weighted by molar-refractivity contribution is 9.09. The van der Waals surface area contributed by atoms with Crippen molar-refractivity contribution < 1.29 is 9.53 Å². The van der Waals surface area contributed by atoms with Crippen LogP contribution in [0, 0.1) is 0 Å². The summed E-state index contributed by atoms with van der Waals surface area (Å²) in [5.41, 5.74) is 1.73. The van der Waals surface area contributed by atoms with Crippen molar-refractivity contribution in [2.24, 2.45) is 0 Å². The van der Waals surface area contributed by atoms with E-state index in [1.165, 1.54) is 0 Å². The van der Waals surface area contributed by atoms with Gasteiger partial charge in [0.1, 0.15) is 0 Å². The number of halogens is 1. The van der Waals surface area contributed by atoms with Crippen LogP contribution in [-0.2, 0) is 11.2 Å². The Morgan fingerprint density at radius 1 is 1.50 bits per heavy atom. The number of hydrogen-bond donors (Lipinski definition) is 1. The number of esters is 1. The van der Waals surface area contributed by atoms with E-state index in [1.54, 1.807) is 19.1 Å². The fourth-order valence-corrected chi connectivity index (χ4v) is 1.98. The van der Waals surface area contributed by atoms with Gasteiger partial charge in [-0.25, -0.2) is 4.79 Å². The first kappa shape index (κ1) is 13.6. The minimum atomic E-state index is -0.287. The highest BCUT2D eigenvalue weighted by Crippen LogP contribution is 2.18. The lowest BCUT2D eigenvalue weighted by atomic mass is 10.1. The second kappa shape index (κ2) is 6.97. The molecule has 0 saturated heterocycles. The van der Waals surface area contributed by atoms with Gasteiger partial charge in [-0.2, -0.15) is 0 Å². The molecule has 16 heavy (non-hydrogen) atoms. The number of aryl methyl sites for hydroxylation is 1. The van der Waals surface area contributed by atoms with Gasteiger partial charge in [0, 0.05) is 10.2 Å². The molecular weight excluding hydrogens is 288 g/mol. The minimum absolute atomic E-state index is 0.287. The van der Waals surface area contributed by atoms with E-state index in [0.717, 1.165) is 28.6 Å². The third-order valence-corrected chi connectivity index (χ3v) is 3.15. The molecule has 1 rings (SSSR count). The van der Waals surface area contributed by atoms with Gasteiger partial charge in [-0.05, 0) is 37.5 Å². The Balaban J connectivity index is 2.78. The monoisotopic (exact) mass is 302 g/mol. The molecule has 88 valence electrons. The molecular formula is C12H15BrO2S. The van der Waals surface area contributed by atoms with Crippen LogP contribution in [0.3, 0.4) is 0 Å². The summed E-state index contributed by atoms with van der Waals surface area (Å²) in [6, 6.07) is 5.50. The van der Waals surface area contributed by atoms with Crippen LogP contribution in [0.1, 0.15) is 29.3 Å². The van der Waals surface area contributed by atoms with Gasteiger partial charge in [0.05, 0.1) is 12.2 Å².